The lowest BCUT2D eigenvalue weighted by Crippen LogP contribution is -2.21. The number of hydrogen-bond donors (Lipinski definition) is 1. The molecule has 0 aliphatic heterocycles. The Morgan fingerprint density at radius 1 is 1.10 bits per heavy atom. The molecule has 0 aliphatic rings. The first-order valence-corrected chi connectivity index (χ1v) is 7.81. The lowest BCUT2D eigenvalue weighted by Gasteiger charge is -2.20. The highest BCUT2D eigenvalue weighted by Gasteiger charge is 2.15. The SMILES string of the molecule is CCNC(CCCc1ccccc1)c1cccc(F)c1Cl. The summed E-state index contributed by atoms with van der Waals surface area (Å²) in [4.78, 5) is 0. The van der Waals surface area contributed by atoms with E-state index in [0.29, 0.717) is 0 Å². The Morgan fingerprint density at radius 3 is 2.57 bits per heavy atom. The molecule has 1 N–H and O–H groups in total. The van der Waals surface area contributed by atoms with E-state index in [4.69, 9.17) is 11.6 Å². The summed E-state index contributed by atoms with van der Waals surface area (Å²) in [6, 6.07) is 15.5. The van der Waals surface area contributed by atoms with Crippen molar-refractivity contribution in [2.45, 2.75) is 32.2 Å². The maximum absolute atomic E-state index is 13.6. The van der Waals surface area contributed by atoms with Gasteiger partial charge in [-0.15, -0.1) is 0 Å². The van der Waals surface area contributed by atoms with Gasteiger partial charge in [-0.1, -0.05) is 61.0 Å². The lowest BCUT2D eigenvalue weighted by atomic mass is 9.98. The summed E-state index contributed by atoms with van der Waals surface area (Å²) in [6.07, 6.45) is 3.00. The van der Waals surface area contributed by atoms with Gasteiger partial charge >= 0.3 is 0 Å². The van der Waals surface area contributed by atoms with Gasteiger partial charge in [0.25, 0.3) is 0 Å². The third-order valence-electron chi connectivity index (χ3n) is 3.61. The number of aryl methyl sites for hydroxylation is 1. The van der Waals surface area contributed by atoms with Crippen LogP contribution in [-0.2, 0) is 6.42 Å². The van der Waals surface area contributed by atoms with Gasteiger partial charge in [-0.2, -0.15) is 0 Å². The number of halogens is 2. The zero-order valence-corrected chi connectivity index (χ0v) is 13.0. The summed E-state index contributed by atoms with van der Waals surface area (Å²) in [5, 5.41) is 3.64. The third-order valence-corrected chi connectivity index (χ3v) is 4.01. The minimum absolute atomic E-state index is 0.0990. The smallest absolute Gasteiger partial charge is 0.142 e. The van der Waals surface area contributed by atoms with Crippen LogP contribution < -0.4 is 5.32 Å². The summed E-state index contributed by atoms with van der Waals surface area (Å²) < 4.78 is 13.6. The molecule has 2 rings (SSSR count). The van der Waals surface area contributed by atoms with E-state index < -0.39 is 0 Å². The highest BCUT2D eigenvalue weighted by molar-refractivity contribution is 6.31. The molecule has 0 fully saturated rings. The van der Waals surface area contributed by atoms with Crippen molar-refractivity contribution < 1.29 is 4.39 Å². The fourth-order valence-electron chi connectivity index (χ4n) is 2.56. The van der Waals surface area contributed by atoms with E-state index in [0.717, 1.165) is 31.4 Å². The van der Waals surface area contributed by atoms with E-state index in [-0.39, 0.29) is 16.9 Å². The fraction of sp³-hybridized carbons (Fsp3) is 0.333. The lowest BCUT2D eigenvalue weighted by molar-refractivity contribution is 0.495. The first kappa shape index (κ1) is 16.0. The first-order chi connectivity index (χ1) is 10.2. The summed E-state index contributed by atoms with van der Waals surface area (Å²) in [7, 11) is 0. The quantitative estimate of drug-likeness (QED) is 0.745. The van der Waals surface area contributed by atoms with Crippen molar-refractivity contribution in [2.75, 3.05) is 6.54 Å². The van der Waals surface area contributed by atoms with Crippen molar-refractivity contribution in [3.63, 3.8) is 0 Å². The van der Waals surface area contributed by atoms with Crippen LogP contribution in [0.25, 0.3) is 0 Å². The van der Waals surface area contributed by atoms with E-state index in [1.54, 1.807) is 6.07 Å². The average molecular weight is 306 g/mol. The summed E-state index contributed by atoms with van der Waals surface area (Å²) in [5.41, 5.74) is 2.18. The van der Waals surface area contributed by atoms with Crippen LogP contribution >= 0.6 is 11.6 Å². The molecule has 0 aromatic heterocycles. The van der Waals surface area contributed by atoms with Crippen molar-refractivity contribution in [1.29, 1.82) is 0 Å². The van der Waals surface area contributed by atoms with Crippen LogP contribution in [0.1, 0.15) is 36.9 Å². The van der Waals surface area contributed by atoms with Crippen molar-refractivity contribution in [2.24, 2.45) is 0 Å². The Hall–Kier alpha value is -1.38. The van der Waals surface area contributed by atoms with Crippen LogP contribution in [0.2, 0.25) is 5.02 Å². The van der Waals surface area contributed by atoms with E-state index in [9.17, 15) is 4.39 Å². The molecule has 0 radical (unpaired) electrons. The average Bonchev–Trinajstić information content (AvgIpc) is 2.50. The largest absolute Gasteiger partial charge is 0.310 e. The van der Waals surface area contributed by atoms with E-state index in [2.05, 4.69) is 36.5 Å². The maximum Gasteiger partial charge on any atom is 0.142 e. The van der Waals surface area contributed by atoms with Crippen LogP contribution in [0.15, 0.2) is 48.5 Å². The van der Waals surface area contributed by atoms with Crippen LogP contribution in [-0.4, -0.2) is 6.54 Å². The number of nitrogens with one attached hydrogen (secondary N) is 1. The minimum atomic E-state index is -0.347. The number of hydrogen-bond acceptors (Lipinski definition) is 1. The van der Waals surface area contributed by atoms with Crippen molar-refractivity contribution in [3.05, 3.63) is 70.5 Å². The molecule has 2 aromatic carbocycles. The molecular weight excluding hydrogens is 285 g/mol. The molecule has 0 amide bonds. The predicted octanol–water partition coefficient (Wildman–Crippen LogP) is 5.15. The van der Waals surface area contributed by atoms with Gasteiger partial charge in [0.2, 0.25) is 0 Å². The zero-order chi connectivity index (χ0) is 15.1. The third kappa shape index (κ3) is 4.55. The van der Waals surface area contributed by atoms with Gasteiger partial charge < -0.3 is 5.32 Å². The normalized spacial score (nSPS) is 12.3. The first-order valence-electron chi connectivity index (χ1n) is 7.43. The molecule has 112 valence electrons. The topological polar surface area (TPSA) is 12.0 Å². The van der Waals surface area contributed by atoms with Crippen LogP contribution in [0.3, 0.4) is 0 Å². The van der Waals surface area contributed by atoms with Gasteiger partial charge in [0, 0.05) is 6.04 Å². The van der Waals surface area contributed by atoms with Crippen LogP contribution in [0.4, 0.5) is 4.39 Å². The van der Waals surface area contributed by atoms with Crippen molar-refractivity contribution >= 4 is 11.6 Å². The van der Waals surface area contributed by atoms with E-state index >= 15 is 0 Å². The number of benzene rings is 2. The van der Waals surface area contributed by atoms with Gasteiger partial charge in [-0.25, -0.2) is 4.39 Å². The summed E-state index contributed by atoms with van der Waals surface area (Å²) in [6.45, 7) is 2.89. The minimum Gasteiger partial charge on any atom is -0.310 e. The summed E-state index contributed by atoms with van der Waals surface area (Å²) in [5.74, 6) is -0.347. The molecular formula is C18H21ClFN. The zero-order valence-electron chi connectivity index (χ0n) is 12.3. The standard InChI is InChI=1S/C18H21ClFN/c1-2-21-17(15-11-7-12-16(20)18(15)19)13-6-10-14-8-4-3-5-9-14/h3-5,7-9,11-12,17,21H,2,6,10,13H2,1H3. The van der Waals surface area contributed by atoms with Crippen LogP contribution in [0, 0.1) is 5.82 Å². The molecule has 0 heterocycles. The molecule has 1 nitrogen and oxygen atoms in total. The highest BCUT2D eigenvalue weighted by atomic mass is 35.5. The van der Waals surface area contributed by atoms with Gasteiger partial charge in [-0.3, -0.25) is 0 Å². The van der Waals surface area contributed by atoms with Crippen LogP contribution in [0.5, 0.6) is 0 Å². The second kappa shape index (κ2) is 8.16. The van der Waals surface area contributed by atoms with E-state index in [1.807, 2.05) is 12.1 Å². The predicted molar refractivity (Wildman–Crippen MR) is 87.2 cm³/mol. The Morgan fingerprint density at radius 2 is 1.86 bits per heavy atom. The summed E-state index contributed by atoms with van der Waals surface area (Å²) >= 11 is 6.10. The second-order valence-electron chi connectivity index (χ2n) is 5.13. The van der Waals surface area contributed by atoms with Gasteiger partial charge in [0.15, 0.2) is 0 Å². The van der Waals surface area contributed by atoms with Gasteiger partial charge in [0.1, 0.15) is 5.82 Å². The van der Waals surface area contributed by atoms with Gasteiger partial charge in [0.05, 0.1) is 5.02 Å². The molecule has 0 aliphatic carbocycles. The highest BCUT2D eigenvalue weighted by Crippen LogP contribution is 2.28. The van der Waals surface area contributed by atoms with Crippen molar-refractivity contribution in [3.8, 4) is 0 Å². The fourth-order valence-corrected chi connectivity index (χ4v) is 2.82. The molecule has 3 heteroatoms. The maximum atomic E-state index is 13.6. The molecule has 0 spiro atoms. The Kier molecular flexibility index (Phi) is 6.21. The molecule has 0 saturated carbocycles. The van der Waals surface area contributed by atoms with Gasteiger partial charge in [-0.05, 0) is 43.0 Å². The molecule has 1 atom stereocenters. The second-order valence-corrected chi connectivity index (χ2v) is 5.51. The Balaban J connectivity index is 2.00. The molecule has 2 aromatic rings. The number of rotatable bonds is 7. The Labute approximate surface area is 131 Å². The molecule has 1 unspecified atom stereocenters. The van der Waals surface area contributed by atoms with Crippen molar-refractivity contribution in [1.82, 2.24) is 5.32 Å². The Bertz CT molecular complexity index is 556. The molecule has 0 saturated heterocycles. The van der Waals surface area contributed by atoms with E-state index in [1.165, 1.54) is 11.6 Å². The molecule has 21 heavy (non-hydrogen) atoms. The molecule has 0 bridgehead atoms. The monoisotopic (exact) mass is 305 g/mol.